The highest BCUT2D eigenvalue weighted by Gasteiger charge is 2.65. The van der Waals surface area contributed by atoms with Gasteiger partial charge in [-0.15, -0.1) is 10.2 Å². The molecule has 0 saturated carbocycles. The number of amides is 1. The summed E-state index contributed by atoms with van der Waals surface area (Å²) in [5.74, 6) is -0.0523. The van der Waals surface area contributed by atoms with Crippen molar-refractivity contribution in [1.82, 2.24) is 5.32 Å². The van der Waals surface area contributed by atoms with Crippen molar-refractivity contribution in [2.24, 2.45) is 16.0 Å². The van der Waals surface area contributed by atoms with Gasteiger partial charge in [-0.05, 0) is 39.3 Å². The monoisotopic (exact) mass is 358 g/mol. The van der Waals surface area contributed by atoms with Crippen LogP contribution in [-0.2, 0) is 10.5 Å². The third kappa shape index (κ3) is 4.91. The molecular formula is C16H21F3N4O2. The molecule has 0 bridgehead atoms. The van der Waals surface area contributed by atoms with Gasteiger partial charge in [0.05, 0.1) is 0 Å². The molecule has 1 aromatic rings. The summed E-state index contributed by atoms with van der Waals surface area (Å²) in [5, 5.41) is 9.00. The molecule has 0 saturated heterocycles. The topological polar surface area (TPSA) is 89.1 Å². The van der Waals surface area contributed by atoms with Gasteiger partial charge in [-0.2, -0.15) is 13.2 Å². The number of nitrogens with one attached hydrogen (secondary N) is 1. The Labute approximate surface area is 143 Å². The lowest BCUT2D eigenvalue weighted by atomic mass is 9.97. The lowest BCUT2D eigenvalue weighted by Gasteiger charge is -2.24. The van der Waals surface area contributed by atoms with E-state index in [9.17, 15) is 18.0 Å². The molecule has 1 aliphatic rings. The Bertz CT molecular complexity index is 645. The van der Waals surface area contributed by atoms with E-state index in [0.717, 1.165) is 0 Å². The fourth-order valence-electron chi connectivity index (χ4n) is 2.53. The number of carbonyl (C=O) groups excluding carboxylic acids is 1. The Morgan fingerprint density at radius 1 is 1.28 bits per heavy atom. The molecule has 0 radical (unpaired) electrons. The van der Waals surface area contributed by atoms with Gasteiger partial charge in [-0.3, -0.25) is 4.79 Å². The highest BCUT2D eigenvalue weighted by Crippen LogP contribution is 2.52. The van der Waals surface area contributed by atoms with Crippen molar-refractivity contribution in [3.05, 3.63) is 29.8 Å². The fourth-order valence-corrected chi connectivity index (χ4v) is 2.53. The Morgan fingerprint density at radius 2 is 1.84 bits per heavy atom. The van der Waals surface area contributed by atoms with Crippen LogP contribution < -0.4 is 15.8 Å². The van der Waals surface area contributed by atoms with E-state index in [1.807, 2.05) is 20.8 Å². The van der Waals surface area contributed by atoms with Gasteiger partial charge in [0.15, 0.2) is 6.61 Å². The molecule has 1 unspecified atom stereocenters. The predicted octanol–water partition coefficient (Wildman–Crippen LogP) is 2.88. The second-order valence-electron chi connectivity index (χ2n) is 6.84. The minimum Gasteiger partial charge on any atom is -0.484 e. The zero-order chi connectivity index (χ0) is 18.9. The van der Waals surface area contributed by atoms with Crippen molar-refractivity contribution >= 4 is 5.91 Å². The number of halogens is 3. The van der Waals surface area contributed by atoms with E-state index in [1.54, 1.807) is 0 Å². The average molecular weight is 358 g/mol. The van der Waals surface area contributed by atoms with Gasteiger partial charge < -0.3 is 15.8 Å². The third-order valence-corrected chi connectivity index (χ3v) is 3.56. The normalized spacial score (nSPS) is 17.1. The predicted molar refractivity (Wildman–Crippen MR) is 85.0 cm³/mol. The first kappa shape index (κ1) is 19.2. The summed E-state index contributed by atoms with van der Waals surface area (Å²) in [5.41, 5.74) is 2.94. The summed E-state index contributed by atoms with van der Waals surface area (Å²) in [6.45, 7) is 5.31. The van der Waals surface area contributed by atoms with Gasteiger partial charge in [0.25, 0.3) is 5.91 Å². The highest BCUT2D eigenvalue weighted by atomic mass is 19.4. The summed E-state index contributed by atoms with van der Waals surface area (Å²) in [6.07, 6.45) is -3.97. The molecule has 1 aliphatic heterocycles. The number of ether oxygens (including phenoxy) is 1. The van der Waals surface area contributed by atoms with Gasteiger partial charge in [0, 0.05) is 17.1 Å². The molecule has 138 valence electrons. The first-order valence-electron chi connectivity index (χ1n) is 7.75. The molecule has 2 rings (SSSR count). The molecule has 1 atom stereocenters. The molecule has 0 aliphatic carbocycles. The molecule has 9 heteroatoms. The third-order valence-electron chi connectivity index (χ3n) is 3.56. The van der Waals surface area contributed by atoms with Crippen molar-refractivity contribution in [2.45, 2.75) is 50.6 Å². The lowest BCUT2D eigenvalue weighted by Crippen LogP contribution is -2.43. The molecule has 3 N–H and O–H groups in total. The van der Waals surface area contributed by atoms with Gasteiger partial charge in [0.2, 0.25) is 0 Å². The van der Waals surface area contributed by atoms with Crippen LogP contribution >= 0.6 is 0 Å². The van der Waals surface area contributed by atoms with Gasteiger partial charge in [0.1, 0.15) is 5.75 Å². The second kappa shape index (κ2) is 6.62. The van der Waals surface area contributed by atoms with Crippen molar-refractivity contribution in [2.75, 3.05) is 6.61 Å². The standard InChI is InChI=1S/C16H21F3N4O2/c1-10(8-14(2,3)20)21-13(24)9-25-12-6-4-11(5-7-12)15(22-23-15)16(17,18)19/h4-7,10H,8-9,20H2,1-3H3,(H,21,24). The molecule has 0 fully saturated rings. The number of alkyl halides is 3. The Balaban J connectivity index is 1.85. The van der Waals surface area contributed by atoms with E-state index in [2.05, 4.69) is 15.5 Å². The first-order chi connectivity index (χ1) is 11.4. The van der Waals surface area contributed by atoms with E-state index >= 15 is 0 Å². The van der Waals surface area contributed by atoms with E-state index in [0.29, 0.717) is 6.42 Å². The molecule has 6 nitrogen and oxygen atoms in total. The first-order valence-corrected chi connectivity index (χ1v) is 7.75. The number of rotatable bonds is 7. The molecule has 0 spiro atoms. The number of nitrogens with two attached hydrogens (primary N) is 1. The number of hydrogen-bond acceptors (Lipinski definition) is 5. The smallest absolute Gasteiger partial charge is 0.442 e. The van der Waals surface area contributed by atoms with Crippen molar-refractivity contribution < 1.29 is 22.7 Å². The molecule has 25 heavy (non-hydrogen) atoms. The van der Waals surface area contributed by atoms with E-state index < -0.39 is 17.4 Å². The van der Waals surface area contributed by atoms with Gasteiger partial charge in [-0.25, -0.2) is 0 Å². The Morgan fingerprint density at radius 3 is 2.28 bits per heavy atom. The summed E-state index contributed by atoms with van der Waals surface area (Å²) < 4.78 is 44.0. The zero-order valence-corrected chi connectivity index (χ0v) is 14.2. The van der Waals surface area contributed by atoms with Crippen molar-refractivity contribution in [3.8, 4) is 5.75 Å². The second-order valence-corrected chi connectivity index (χ2v) is 6.84. The maximum absolute atomic E-state index is 12.9. The minimum atomic E-state index is -4.57. The van der Waals surface area contributed by atoms with E-state index in [4.69, 9.17) is 10.5 Å². The molecular weight excluding hydrogens is 337 g/mol. The summed E-state index contributed by atoms with van der Waals surface area (Å²) in [4.78, 5) is 11.8. The van der Waals surface area contributed by atoms with Gasteiger partial charge in [-0.1, -0.05) is 12.1 Å². The van der Waals surface area contributed by atoms with Crippen molar-refractivity contribution in [3.63, 3.8) is 0 Å². The van der Waals surface area contributed by atoms with E-state index in [1.165, 1.54) is 24.3 Å². The summed E-state index contributed by atoms with van der Waals surface area (Å²) in [7, 11) is 0. The molecule has 1 heterocycles. The fraction of sp³-hybridized carbons (Fsp3) is 0.562. The average Bonchev–Trinajstić information content (AvgIpc) is 3.24. The zero-order valence-electron chi connectivity index (χ0n) is 14.2. The number of nitrogens with zero attached hydrogens (tertiary/aromatic N) is 2. The van der Waals surface area contributed by atoms with Crippen LogP contribution in [0.4, 0.5) is 13.2 Å². The van der Waals surface area contributed by atoms with Crippen molar-refractivity contribution in [1.29, 1.82) is 0 Å². The number of benzene rings is 1. The Kier molecular flexibility index (Phi) is 5.08. The quantitative estimate of drug-likeness (QED) is 0.785. The van der Waals surface area contributed by atoms with Crippen LogP contribution in [0.25, 0.3) is 0 Å². The van der Waals surface area contributed by atoms with Crippen LogP contribution in [-0.4, -0.2) is 30.3 Å². The maximum atomic E-state index is 12.9. The summed E-state index contributed by atoms with van der Waals surface area (Å²) >= 11 is 0. The number of carbonyl (C=O) groups is 1. The van der Waals surface area contributed by atoms with Crippen LogP contribution in [0.1, 0.15) is 32.8 Å². The van der Waals surface area contributed by atoms with Crippen LogP contribution in [0, 0.1) is 0 Å². The molecule has 0 aromatic heterocycles. The highest BCUT2D eigenvalue weighted by molar-refractivity contribution is 5.77. The lowest BCUT2D eigenvalue weighted by molar-refractivity contribution is -0.166. The molecule has 1 aromatic carbocycles. The maximum Gasteiger partial charge on any atom is 0.442 e. The number of hydrogen-bond donors (Lipinski definition) is 2. The van der Waals surface area contributed by atoms with Crippen LogP contribution in [0.5, 0.6) is 5.75 Å². The molecule has 1 amide bonds. The van der Waals surface area contributed by atoms with Crippen LogP contribution in [0.2, 0.25) is 0 Å². The van der Waals surface area contributed by atoms with E-state index in [-0.39, 0.29) is 29.9 Å². The van der Waals surface area contributed by atoms with Crippen LogP contribution in [0.15, 0.2) is 34.5 Å². The Hall–Kier alpha value is -2.16. The van der Waals surface area contributed by atoms with Gasteiger partial charge >= 0.3 is 11.8 Å². The van der Waals surface area contributed by atoms with Crippen LogP contribution in [0.3, 0.4) is 0 Å². The SMILES string of the molecule is CC(CC(C)(C)N)NC(=O)COc1ccc(C2(C(F)(F)F)N=N2)cc1. The summed E-state index contributed by atoms with van der Waals surface area (Å²) in [6, 6.07) is 5.06. The minimum absolute atomic E-state index is 0.0874. The largest absolute Gasteiger partial charge is 0.484 e.